The van der Waals surface area contributed by atoms with Gasteiger partial charge in [-0.15, -0.1) is 16.8 Å². The summed E-state index contributed by atoms with van der Waals surface area (Å²) < 4.78 is 12.0. The van der Waals surface area contributed by atoms with Gasteiger partial charge in [-0.2, -0.15) is 0 Å². The zero-order valence-corrected chi connectivity index (χ0v) is 16.3. The number of methoxy groups -OCH3 is 1. The molecule has 0 spiro atoms. The third kappa shape index (κ3) is 5.85. The van der Waals surface area contributed by atoms with Gasteiger partial charge in [0.15, 0.2) is 11.0 Å². The first-order valence-electron chi connectivity index (χ1n) is 8.22. The van der Waals surface area contributed by atoms with Gasteiger partial charge in [0.25, 0.3) is 0 Å². The van der Waals surface area contributed by atoms with E-state index in [-0.39, 0.29) is 6.61 Å². The molecule has 0 aliphatic rings. The first-order valence-corrected chi connectivity index (χ1v) is 9.10. The molecular formula is C18H22N4O4S. The van der Waals surface area contributed by atoms with Crippen LogP contribution in [0.3, 0.4) is 0 Å². The molecule has 0 fully saturated rings. The highest BCUT2D eigenvalue weighted by Crippen LogP contribution is 2.23. The number of aryl methyl sites for hydroxylation is 1. The standard InChI is InChI=1S/C18H22N4O4S/c1-5-9-22-15(11-26-14-8-6-7-12(2)10-14)20-21-17(22)27-13(3)16(23)19-18(24)25-4/h5-8,10,13H,1,9,11H2,2-4H3,(H,19,23,24)/t13-/m0/s1. The molecule has 0 bridgehead atoms. The number of allylic oxidation sites excluding steroid dienone is 1. The molecule has 2 rings (SSSR count). The van der Waals surface area contributed by atoms with E-state index in [1.165, 1.54) is 18.9 Å². The molecule has 27 heavy (non-hydrogen) atoms. The van der Waals surface area contributed by atoms with Crippen LogP contribution in [0.4, 0.5) is 4.79 Å². The second-order valence-corrected chi connectivity index (χ2v) is 6.95. The number of carbonyl (C=O) groups is 2. The molecule has 1 aromatic carbocycles. The third-order valence-corrected chi connectivity index (χ3v) is 4.61. The number of alkyl carbamates (subject to hydrolysis) is 1. The van der Waals surface area contributed by atoms with Crippen molar-refractivity contribution >= 4 is 23.8 Å². The SMILES string of the molecule is C=CCn1c(COc2cccc(C)c2)nnc1S[C@@H](C)C(=O)NC(=O)OC. The molecule has 1 atom stereocenters. The van der Waals surface area contributed by atoms with Crippen LogP contribution in [0.15, 0.2) is 42.1 Å². The van der Waals surface area contributed by atoms with Gasteiger partial charge in [-0.25, -0.2) is 4.79 Å². The normalized spacial score (nSPS) is 11.5. The van der Waals surface area contributed by atoms with E-state index < -0.39 is 17.3 Å². The Hall–Kier alpha value is -2.81. The zero-order chi connectivity index (χ0) is 19.8. The lowest BCUT2D eigenvalue weighted by Crippen LogP contribution is -2.36. The van der Waals surface area contributed by atoms with Crippen LogP contribution in [0.5, 0.6) is 5.75 Å². The summed E-state index contributed by atoms with van der Waals surface area (Å²) in [6.45, 7) is 8.09. The quantitative estimate of drug-likeness (QED) is 0.547. The molecular weight excluding hydrogens is 368 g/mol. The second kappa shape index (κ2) is 9.77. The van der Waals surface area contributed by atoms with Crippen LogP contribution in [-0.4, -0.2) is 39.1 Å². The fraction of sp³-hybridized carbons (Fsp3) is 0.333. The Labute approximate surface area is 161 Å². The maximum absolute atomic E-state index is 12.0. The molecule has 0 aliphatic carbocycles. The van der Waals surface area contributed by atoms with Crippen molar-refractivity contribution in [1.82, 2.24) is 20.1 Å². The summed E-state index contributed by atoms with van der Waals surface area (Å²) in [7, 11) is 1.20. The van der Waals surface area contributed by atoms with Crippen molar-refractivity contribution in [2.75, 3.05) is 7.11 Å². The van der Waals surface area contributed by atoms with E-state index in [1.807, 2.05) is 35.8 Å². The second-order valence-electron chi connectivity index (χ2n) is 5.64. The summed E-state index contributed by atoms with van der Waals surface area (Å²) in [5.74, 6) is 0.875. The Kier molecular flexibility index (Phi) is 7.42. The van der Waals surface area contributed by atoms with Gasteiger partial charge in [-0.3, -0.25) is 14.7 Å². The maximum Gasteiger partial charge on any atom is 0.413 e. The predicted octanol–water partition coefficient (Wildman–Crippen LogP) is 2.71. The minimum absolute atomic E-state index is 0.230. The van der Waals surface area contributed by atoms with Crippen LogP contribution < -0.4 is 10.1 Å². The molecule has 0 saturated carbocycles. The third-order valence-electron chi connectivity index (χ3n) is 3.52. The summed E-state index contributed by atoms with van der Waals surface area (Å²) >= 11 is 1.18. The van der Waals surface area contributed by atoms with Gasteiger partial charge < -0.3 is 9.47 Å². The van der Waals surface area contributed by atoms with Crippen molar-refractivity contribution < 1.29 is 19.1 Å². The molecule has 1 heterocycles. The average Bonchev–Trinajstić information content (AvgIpc) is 3.01. The summed E-state index contributed by atoms with van der Waals surface area (Å²) in [5, 5.41) is 10.4. The molecule has 8 nitrogen and oxygen atoms in total. The topological polar surface area (TPSA) is 95.3 Å². The molecule has 0 saturated heterocycles. The Morgan fingerprint density at radius 2 is 2.19 bits per heavy atom. The molecule has 2 amide bonds. The fourth-order valence-corrected chi connectivity index (χ4v) is 3.02. The number of hydrogen-bond acceptors (Lipinski definition) is 7. The highest BCUT2D eigenvalue weighted by atomic mass is 32.2. The monoisotopic (exact) mass is 390 g/mol. The molecule has 0 radical (unpaired) electrons. The number of imide groups is 1. The van der Waals surface area contributed by atoms with Crippen molar-refractivity contribution in [1.29, 1.82) is 0 Å². The molecule has 2 aromatic rings. The van der Waals surface area contributed by atoms with Gasteiger partial charge in [0, 0.05) is 6.54 Å². The molecule has 1 N–H and O–H groups in total. The van der Waals surface area contributed by atoms with Crippen molar-refractivity contribution in [2.45, 2.75) is 37.4 Å². The number of carbonyl (C=O) groups excluding carboxylic acids is 2. The van der Waals surface area contributed by atoms with Crippen molar-refractivity contribution in [3.63, 3.8) is 0 Å². The lowest BCUT2D eigenvalue weighted by atomic mass is 10.2. The van der Waals surface area contributed by atoms with Gasteiger partial charge in [0.1, 0.15) is 12.4 Å². The average molecular weight is 390 g/mol. The van der Waals surface area contributed by atoms with E-state index in [2.05, 4.69) is 26.8 Å². The number of thioether (sulfide) groups is 1. The van der Waals surface area contributed by atoms with Crippen LogP contribution in [0, 0.1) is 6.92 Å². The van der Waals surface area contributed by atoms with E-state index in [0.29, 0.717) is 17.5 Å². The predicted molar refractivity (Wildman–Crippen MR) is 102 cm³/mol. The Morgan fingerprint density at radius 1 is 1.41 bits per heavy atom. The zero-order valence-electron chi connectivity index (χ0n) is 15.5. The molecule has 9 heteroatoms. The van der Waals surface area contributed by atoms with Gasteiger partial charge in [-0.05, 0) is 31.5 Å². The van der Waals surface area contributed by atoms with Crippen molar-refractivity contribution in [2.24, 2.45) is 0 Å². The number of rotatable bonds is 8. The number of ether oxygens (including phenoxy) is 2. The Balaban J connectivity index is 2.08. The van der Waals surface area contributed by atoms with Gasteiger partial charge >= 0.3 is 6.09 Å². The minimum Gasteiger partial charge on any atom is -0.486 e. The summed E-state index contributed by atoms with van der Waals surface area (Å²) in [4.78, 5) is 23.2. The molecule has 144 valence electrons. The highest BCUT2D eigenvalue weighted by molar-refractivity contribution is 8.00. The van der Waals surface area contributed by atoms with E-state index in [0.717, 1.165) is 11.3 Å². The van der Waals surface area contributed by atoms with Crippen LogP contribution in [0.1, 0.15) is 18.3 Å². The summed E-state index contributed by atoms with van der Waals surface area (Å²) in [6, 6.07) is 7.71. The van der Waals surface area contributed by atoms with E-state index >= 15 is 0 Å². The Morgan fingerprint density at radius 3 is 2.85 bits per heavy atom. The molecule has 1 aromatic heterocycles. The first kappa shape index (κ1) is 20.5. The highest BCUT2D eigenvalue weighted by Gasteiger charge is 2.21. The van der Waals surface area contributed by atoms with E-state index in [1.54, 1.807) is 13.0 Å². The largest absolute Gasteiger partial charge is 0.486 e. The lowest BCUT2D eigenvalue weighted by Gasteiger charge is -2.12. The van der Waals surface area contributed by atoms with Crippen LogP contribution in [0.25, 0.3) is 0 Å². The fourth-order valence-electron chi connectivity index (χ4n) is 2.14. The first-order chi connectivity index (χ1) is 12.9. The number of hydrogen-bond donors (Lipinski definition) is 1. The summed E-state index contributed by atoms with van der Waals surface area (Å²) in [6.07, 6.45) is 0.912. The van der Waals surface area contributed by atoms with Crippen molar-refractivity contribution in [3.05, 3.63) is 48.3 Å². The van der Waals surface area contributed by atoms with E-state index in [4.69, 9.17) is 4.74 Å². The van der Waals surface area contributed by atoms with Gasteiger partial charge in [0.2, 0.25) is 5.91 Å². The molecule has 0 unspecified atom stereocenters. The van der Waals surface area contributed by atoms with Crippen LogP contribution >= 0.6 is 11.8 Å². The smallest absolute Gasteiger partial charge is 0.413 e. The Bertz CT molecular complexity index is 821. The number of nitrogens with one attached hydrogen (secondary N) is 1. The maximum atomic E-state index is 12.0. The van der Waals surface area contributed by atoms with Crippen LogP contribution in [-0.2, 0) is 22.7 Å². The number of amides is 2. The molecule has 0 aliphatic heterocycles. The van der Waals surface area contributed by atoms with E-state index in [9.17, 15) is 9.59 Å². The number of aromatic nitrogens is 3. The number of benzene rings is 1. The van der Waals surface area contributed by atoms with Gasteiger partial charge in [0.05, 0.1) is 12.4 Å². The minimum atomic E-state index is -0.799. The van der Waals surface area contributed by atoms with Gasteiger partial charge in [-0.1, -0.05) is 30.0 Å². The van der Waals surface area contributed by atoms with Crippen molar-refractivity contribution in [3.8, 4) is 5.75 Å². The number of nitrogens with zero attached hydrogens (tertiary/aromatic N) is 3. The summed E-state index contributed by atoms with van der Waals surface area (Å²) in [5.41, 5.74) is 1.10. The lowest BCUT2D eigenvalue weighted by molar-refractivity contribution is -0.119. The van der Waals surface area contributed by atoms with Crippen LogP contribution in [0.2, 0.25) is 0 Å².